The lowest BCUT2D eigenvalue weighted by Crippen LogP contribution is -2.37. The normalized spacial score (nSPS) is 15.0. The Labute approximate surface area is 205 Å². The van der Waals surface area contributed by atoms with E-state index in [1.165, 1.54) is 89.9 Å². The van der Waals surface area contributed by atoms with Gasteiger partial charge < -0.3 is 23.5 Å². The number of unbranched alkanes of at least 4 members (excludes halogenated alkanes) is 16. The first kappa shape index (κ1) is 33.0. The fourth-order valence-corrected chi connectivity index (χ4v) is 4.82. The highest BCUT2D eigenvalue weighted by Gasteiger charge is 2.19. The molecule has 0 saturated heterocycles. The van der Waals surface area contributed by atoms with Gasteiger partial charge in [0.25, 0.3) is 7.82 Å². The third-order valence-corrected chi connectivity index (χ3v) is 7.18. The average Bonchev–Trinajstić information content (AvgIpc) is 2.73. The van der Waals surface area contributed by atoms with Crippen LogP contribution in [0.25, 0.3) is 0 Å². The van der Waals surface area contributed by atoms with E-state index >= 15 is 0 Å². The zero-order valence-electron chi connectivity index (χ0n) is 22.4. The lowest BCUT2D eigenvalue weighted by Gasteiger charge is -2.29. The van der Waals surface area contributed by atoms with E-state index in [-0.39, 0.29) is 13.2 Å². The minimum Gasteiger partial charge on any atom is -0.756 e. The number of phosphoric ester groups is 1. The van der Waals surface area contributed by atoms with Gasteiger partial charge in [0.15, 0.2) is 0 Å². The van der Waals surface area contributed by atoms with Gasteiger partial charge in [0.1, 0.15) is 13.2 Å². The Morgan fingerprint density at radius 2 is 1.15 bits per heavy atom. The van der Waals surface area contributed by atoms with Crippen LogP contribution >= 0.6 is 7.82 Å². The fourth-order valence-electron chi connectivity index (χ4n) is 3.91. The van der Waals surface area contributed by atoms with Gasteiger partial charge in [-0.3, -0.25) is 4.57 Å². The summed E-state index contributed by atoms with van der Waals surface area (Å²) in [6.07, 6.45) is 22.1. The number of hydrogen-bond donors (Lipinski definition) is 1. The number of aliphatic hydroxyl groups is 1. The highest BCUT2D eigenvalue weighted by atomic mass is 31.2. The van der Waals surface area contributed by atoms with E-state index in [0.29, 0.717) is 17.4 Å². The minimum atomic E-state index is -4.36. The van der Waals surface area contributed by atoms with Crippen molar-refractivity contribution in [3.8, 4) is 0 Å². The van der Waals surface area contributed by atoms with Crippen molar-refractivity contribution in [2.75, 3.05) is 40.9 Å². The number of likely N-dealkylation sites (N-methyl/N-ethyl adjacent to an activating group) is 1. The van der Waals surface area contributed by atoms with Gasteiger partial charge in [-0.25, -0.2) is 0 Å². The molecule has 0 aromatic heterocycles. The van der Waals surface area contributed by atoms with Crippen molar-refractivity contribution >= 4 is 7.82 Å². The van der Waals surface area contributed by atoms with E-state index in [2.05, 4.69) is 6.92 Å². The summed E-state index contributed by atoms with van der Waals surface area (Å²) in [5.74, 6) is 0. The number of nitrogens with zero attached hydrogens (tertiary/aromatic N) is 1. The van der Waals surface area contributed by atoms with Gasteiger partial charge in [-0.05, 0) is 6.42 Å². The van der Waals surface area contributed by atoms with Crippen molar-refractivity contribution in [1.82, 2.24) is 0 Å². The SMILES string of the molecule is CCCCCCCCCCCCCCCCCCCC(CO)OP(=O)([O-])OCC[N+](C)(C)C. The zero-order valence-corrected chi connectivity index (χ0v) is 23.3. The van der Waals surface area contributed by atoms with Crippen LogP contribution in [0.2, 0.25) is 0 Å². The van der Waals surface area contributed by atoms with Crippen molar-refractivity contribution in [2.45, 2.75) is 129 Å². The summed E-state index contributed by atoms with van der Waals surface area (Å²) >= 11 is 0. The van der Waals surface area contributed by atoms with Crippen molar-refractivity contribution in [2.24, 2.45) is 0 Å². The molecule has 1 N–H and O–H groups in total. The fraction of sp³-hybridized carbons (Fsp3) is 1.00. The molecule has 0 heterocycles. The summed E-state index contributed by atoms with van der Waals surface area (Å²) < 4.78 is 22.5. The quantitative estimate of drug-likeness (QED) is 0.0881. The van der Waals surface area contributed by atoms with Gasteiger partial charge >= 0.3 is 0 Å². The lowest BCUT2D eigenvalue weighted by molar-refractivity contribution is -0.870. The standard InChI is InChI=1S/C26H56NO5P/c1-5-6-7-8-9-10-11-12-13-14-15-16-17-18-19-20-21-22-26(25-28)32-33(29,30)31-24-23-27(2,3)4/h26,28H,5-25H2,1-4H3. The third-order valence-electron chi connectivity index (χ3n) is 6.12. The van der Waals surface area contributed by atoms with Crippen LogP contribution in [0.5, 0.6) is 0 Å². The first-order valence-corrected chi connectivity index (χ1v) is 15.2. The highest BCUT2D eigenvalue weighted by molar-refractivity contribution is 7.45. The topological polar surface area (TPSA) is 78.8 Å². The second-order valence-electron chi connectivity index (χ2n) is 10.6. The molecule has 33 heavy (non-hydrogen) atoms. The molecule has 0 rings (SSSR count). The molecule has 0 aromatic carbocycles. The molecule has 0 aliphatic rings. The molecule has 200 valence electrons. The Bertz CT molecular complexity index is 470. The molecule has 0 amide bonds. The Morgan fingerprint density at radius 1 is 0.758 bits per heavy atom. The number of aliphatic hydroxyl groups excluding tert-OH is 1. The van der Waals surface area contributed by atoms with Gasteiger partial charge in [0, 0.05) is 0 Å². The van der Waals surface area contributed by atoms with Crippen LogP contribution in [0, 0.1) is 0 Å². The van der Waals surface area contributed by atoms with Crippen LogP contribution in [0.1, 0.15) is 122 Å². The number of rotatable bonds is 25. The number of phosphoric acid groups is 1. The van der Waals surface area contributed by atoms with Gasteiger partial charge in [-0.1, -0.05) is 116 Å². The zero-order chi connectivity index (χ0) is 24.8. The first-order valence-electron chi connectivity index (χ1n) is 13.8. The second-order valence-corrected chi connectivity index (χ2v) is 12.0. The van der Waals surface area contributed by atoms with Crippen LogP contribution in [-0.4, -0.2) is 56.6 Å². The molecular weight excluding hydrogens is 437 g/mol. The summed E-state index contributed by atoms with van der Waals surface area (Å²) in [5.41, 5.74) is 0. The van der Waals surface area contributed by atoms with Crippen molar-refractivity contribution in [3.05, 3.63) is 0 Å². The van der Waals surface area contributed by atoms with E-state index in [1.807, 2.05) is 21.1 Å². The van der Waals surface area contributed by atoms with E-state index in [0.717, 1.165) is 19.3 Å². The van der Waals surface area contributed by atoms with Crippen LogP contribution in [0.4, 0.5) is 0 Å². The van der Waals surface area contributed by atoms with E-state index < -0.39 is 13.9 Å². The Balaban J connectivity index is 3.52. The molecule has 0 saturated carbocycles. The summed E-state index contributed by atoms with van der Waals surface area (Å²) in [6.45, 7) is 2.62. The molecule has 0 bridgehead atoms. The molecule has 0 radical (unpaired) electrons. The van der Waals surface area contributed by atoms with Gasteiger partial charge in [-0.2, -0.15) is 0 Å². The predicted molar refractivity (Wildman–Crippen MR) is 137 cm³/mol. The molecule has 6 nitrogen and oxygen atoms in total. The Kier molecular flexibility index (Phi) is 21.3. The van der Waals surface area contributed by atoms with E-state index in [9.17, 15) is 14.6 Å². The molecule has 0 aliphatic heterocycles. The maximum atomic E-state index is 11.9. The molecule has 2 atom stereocenters. The van der Waals surface area contributed by atoms with Crippen molar-refractivity contribution in [3.63, 3.8) is 0 Å². The third kappa shape index (κ3) is 24.9. The van der Waals surface area contributed by atoms with E-state index in [4.69, 9.17) is 9.05 Å². The molecule has 2 unspecified atom stereocenters. The smallest absolute Gasteiger partial charge is 0.268 e. The summed E-state index contributed by atoms with van der Waals surface area (Å²) in [7, 11) is 1.54. The lowest BCUT2D eigenvalue weighted by atomic mass is 10.0. The Hall–Kier alpha value is 0.0300. The largest absolute Gasteiger partial charge is 0.756 e. The first-order chi connectivity index (χ1) is 15.7. The van der Waals surface area contributed by atoms with E-state index in [1.54, 1.807) is 0 Å². The van der Waals surface area contributed by atoms with Crippen LogP contribution in [-0.2, 0) is 13.6 Å². The van der Waals surface area contributed by atoms with Crippen LogP contribution in [0.3, 0.4) is 0 Å². The summed E-state index contributed by atoms with van der Waals surface area (Å²) in [6, 6.07) is 0. The predicted octanol–water partition coefficient (Wildman–Crippen LogP) is 6.60. The molecule has 0 fully saturated rings. The molecule has 0 aliphatic carbocycles. The average molecular weight is 494 g/mol. The van der Waals surface area contributed by atoms with Crippen molar-refractivity contribution in [1.29, 1.82) is 0 Å². The number of quaternary nitrogens is 1. The maximum absolute atomic E-state index is 11.9. The highest BCUT2D eigenvalue weighted by Crippen LogP contribution is 2.40. The van der Waals surface area contributed by atoms with Crippen LogP contribution < -0.4 is 4.89 Å². The summed E-state index contributed by atoms with van der Waals surface area (Å²) in [4.78, 5) is 11.9. The molecule has 0 spiro atoms. The number of hydrogen-bond acceptors (Lipinski definition) is 5. The molecule has 7 heteroatoms. The van der Waals surface area contributed by atoms with Gasteiger partial charge in [-0.15, -0.1) is 0 Å². The maximum Gasteiger partial charge on any atom is 0.268 e. The van der Waals surface area contributed by atoms with Gasteiger partial charge in [0.05, 0.1) is 33.9 Å². The second kappa shape index (κ2) is 21.3. The molecule has 0 aromatic rings. The Morgan fingerprint density at radius 3 is 1.52 bits per heavy atom. The summed E-state index contributed by atoms with van der Waals surface area (Å²) in [5, 5.41) is 9.44. The monoisotopic (exact) mass is 493 g/mol. The van der Waals surface area contributed by atoms with Crippen LogP contribution in [0.15, 0.2) is 0 Å². The molecular formula is C26H56NO5P. The minimum absolute atomic E-state index is 0.0849. The van der Waals surface area contributed by atoms with Crippen molar-refractivity contribution < 1.29 is 28.1 Å². The van der Waals surface area contributed by atoms with Gasteiger partial charge in [0.2, 0.25) is 0 Å².